The molecule has 10 heteroatoms. The van der Waals surface area contributed by atoms with E-state index in [0.717, 1.165) is 30.0 Å². The molecule has 7 nitrogen and oxygen atoms in total. The molecular weight excluding hydrogens is 511 g/mol. The first-order chi connectivity index (χ1) is 18.6. The number of carbonyl (C=O) groups excluding carboxylic acids is 2. The van der Waals surface area contributed by atoms with Crippen LogP contribution in [0.3, 0.4) is 0 Å². The fourth-order valence-electron chi connectivity index (χ4n) is 4.88. The Kier molecular flexibility index (Phi) is 7.03. The predicted octanol–water partition coefficient (Wildman–Crippen LogP) is 6.58. The summed E-state index contributed by atoms with van der Waals surface area (Å²) in [7, 11) is 0. The monoisotopic (exact) mass is 537 g/mol. The van der Waals surface area contributed by atoms with Gasteiger partial charge in [0.1, 0.15) is 6.04 Å². The number of carbonyl (C=O) groups is 3. The van der Waals surface area contributed by atoms with Gasteiger partial charge in [0, 0.05) is 17.9 Å². The highest BCUT2D eigenvalue weighted by Gasteiger charge is 2.39. The molecule has 39 heavy (non-hydrogen) atoms. The second-order valence-corrected chi connectivity index (χ2v) is 9.80. The number of urea groups is 1. The van der Waals surface area contributed by atoms with Gasteiger partial charge in [0.2, 0.25) is 5.91 Å². The van der Waals surface area contributed by atoms with Crippen molar-refractivity contribution in [1.29, 1.82) is 0 Å². The average Bonchev–Trinajstić information content (AvgIpc) is 3.63. The first kappa shape index (κ1) is 26.3. The van der Waals surface area contributed by atoms with Crippen molar-refractivity contribution in [3.05, 3.63) is 83.4 Å². The molecule has 1 saturated carbocycles. The highest BCUT2D eigenvalue weighted by molar-refractivity contribution is 5.99. The van der Waals surface area contributed by atoms with Gasteiger partial charge in [-0.05, 0) is 84.7 Å². The quantitative estimate of drug-likeness (QED) is 0.331. The third kappa shape index (κ3) is 5.89. The van der Waals surface area contributed by atoms with Crippen LogP contribution in [0.2, 0.25) is 0 Å². The molecule has 0 spiro atoms. The van der Waals surface area contributed by atoms with Crippen LogP contribution in [0.5, 0.6) is 0 Å². The molecule has 0 unspecified atom stereocenters. The molecule has 202 valence electrons. The summed E-state index contributed by atoms with van der Waals surface area (Å²) in [5, 5.41) is 14.4. The molecule has 1 heterocycles. The fourth-order valence-corrected chi connectivity index (χ4v) is 4.88. The minimum Gasteiger partial charge on any atom is -0.478 e. The SMILES string of the molecule is O=C(O)c1ccc(-c2ccc(NC(=O)[C@@H]3CCCN3C(=O)Nc3ccc(C4CC4)c(C(F)(F)F)c3)cc2)cc1. The van der Waals surface area contributed by atoms with Gasteiger partial charge in [-0.25, -0.2) is 9.59 Å². The van der Waals surface area contributed by atoms with Crippen LogP contribution in [0.15, 0.2) is 66.7 Å². The van der Waals surface area contributed by atoms with E-state index in [-0.39, 0.29) is 28.6 Å². The van der Waals surface area contributed by atoms with Crippen molar-refractivity contribution in [2.75, 3.05) is 17.2 Å². The summed E-state index contributed by atoms with van der Waals surface area (Å²) in [6, 6.07) is 15.9. The summed E-state index contributed by atoms with van der Waals surface area (Å²) in [6.07, 6.45) is -2.05. The van der Waals surface area contributed by atoms with E-state index in [1.54, 1.807) is 36.4 Å². The number of halogens is 3. The maximum Gasteiger partial charge on any atom is 0.416 e. The molecular formula is C29H26F3N3O4. The highest BCUT2D eigenvalue weighted by Crippen LogP contribution is 2.46. The first-order valence-corrected chi connectivity index (χ1v) is 12.6. The van der Waals surface area contributed by atoms with E-state index < -0.39 is 29.8 Å². The Morgan fingerprint density at radius 1 is 0.821 bits per heavy atom. The third-order valence-electron chi connectivity index (χ3n) is 7.06. The number of nitrogens with zero attached hydrogens (tertiary/aromatic N) is 1. The fraction of sp³-hybridized carbons (Fsp3) is 0.276. The molecule has 1 aliphatic heterocycles. The number of aromatic carboxylic acids is 1. The van der Waals surface area contributed by atoms with Gasteiger partial charge >= 0.3 is 18.2 Å². The van der Waals surface area contributed by atoms with Crippen molar-refractivity contribution in [1.82, 2.24) is 4.90 Å². The normalized spacial score (nSPS) is 17.1. The molecule has 1 atom stereocenters. The van der Waals surface area contributed by atoms with Crippen LogP contribution in [-0.2, 0) is 11.0 Å². The molecule has 0 radical (unpaired) electrons. The lowest BCUT2D eigenvalue weighted by Crippen LogP contribution is -2.45. The van der Waals surface area contributed by atoms with Crippen molar-refractivity contribution >= 4 is 29.3 Å². The molecule has 0 bridgehead atoms. The van der Waals surface area contributed by atoms with Crippen LogP contribution >= 0.6 is 0 Å². The maximum atomic E-state index is 13.6. The zero-order valence-electron chi connectivity index (χ0n) is 20.8. The number of likely N-dealkylation sites (tertiary alicyclic amines) is 1. The van der Waals surface area contributed by atoms with Crippen molar-refractivity contribution in [3.8, 4) is 11.1 Å². The van der Waals surface area contributed by atoms with Gasteiger partial charge in [-0.3, -0.25) is 4.79 Å². The van der Waals surface area contributed by atoms with Gasteiger partial charge < -0.3 is 20.6 Å². The van der Waals surface area contributed by atoms with Gasteiger partial charge in [-0.15, -0.1) is 0 Å². The van der Waals surface area contributed by atoms with E-state index in [9.17, 15) is 27.6 Å². The highest BCUT2D eigenvalue weighted by atomic mass is 19.4. The van der Waals surface area contributed by atoms with Crippen molar-refractivity contribution in [2.45, 2.75) is 43.8 Å². The van der Waals surface area contributed by atoms with Crippen LogP contribution in [0, 0.1) is 0 Å². The molecule has 0 aromatic heterocycles. The minimum absolute atomic E-state index is 0.0368. The van der Waals surface area contributed by atoms with Crippen LogP contribution in [0.4, 0.5) is 29.3 Å². The van der Waals surface area contributed by atoms with Crippen molar-refractivity contribution in [2.24, 2.45) is 0 Å². The number of amides is 3. The summed E-state index contributed by atoms with van der Waals surface area (Å²) < 4.78 is 40.8. The van der Waals surface area contributed by atoms with E-state index in [4.69, 9.17) is 5.11 Å². The van der Waals surface area contributed by atoms with Gasteiger partial charge in [0.05, 0.1) is 11.1 Å². The lowest BCUT2D eigenvalue weighted by atomic mass is 10.0. The van der Waals surface area contributed by atoms with E-state index in [1.165, 1.54) is 29.2 Å². The zero-order valence-corrected chi connectivity index (χ0v) is 20.8. The topological polar surface area (TPSA) is 98.7 Å². The third-order valence-corrected chi connectivity index (χ3v) is 7.06. The Morgan fingerprint density at radius 3 is 2.03 bits per heavy atom. The summed E-state index contributed by atoms with van der Waals surface area (Å²) in [5.41, 5.74) is 1.90. The van der Waals surface area contributed by atoms with Crippen LogP contribution in [-0.4, -0.2) is 40.5 Å². The maximum absolute atomic E-state index is 13.6. The Labute approximate surface area is 222 Å². The molecule has 1 saturated heterocycles. The Balaban J connectivity index is 1.23. The molecule has 2 fully saturated rings. The molecule has 1 aliphatic carbocycles. The van der Waals surface area contributed by atoms with Crippen LogP contribution in [0.1, 0.15) is 53.1 Å². The molecule has 3 aromatic rings. The average molecular weight is 538 g/mol. The first-order valence-electron chi connectivity index (χ1n) is 12.6. The van der Waals surface area contributed by atoms with Gasteiger partial charge in [-0.2, -0.15) is 13.2 Å². The van der Waals surface area contributed by atoms with E-state index in [2.05, 4.69) is 10.6 Å². The molecule has 5 rings (SSSR count). The Hall–Kier alpha value is -4.34. The molecule has 3 aromatic carbocycles. The minimum atomic E-state index is -4.52. The summed E-state index contributed by atoms with van der Waals surface area (Å²) in [6.45, 7) is 0.307. The summed E-state index contributed by atoms with van der Waals surface area (Å²) in [5.74, 6) is -1.49. The second-order valence-electron chi connectivity index (χ2n) is 9.80. The summed E-state index contributed by atoms with van der Waals surface area (Å²) in [4.78, 5) is 38.4. The largest absolute Gasteiger partial charge is 0.478 e. The number of hydrogen-bond donors (Lipinski definition) is 3. The number of carboxylic acids is 1. The molecule has 2 aliphatic rings. The lowest BCUT2D eigenvalue weighted by Gasteiger charge is -2.24. The number of rotatable bonds is 6. The molecule has 3 N–H and O–H groups in total. The van der Waals surface area contributed by atoms with Crippen molar-refractivity contribution in [3.63, 3.8) is 0 Å². The Morgan fingerprint density at radius 2 is 1.44 bits per heavy atom. The Bertz CT molecular complexity index is 1400. The summed E-state index contributed by atoms with van der Waals surface area (Å²) >= 11 is 0. The van der Waals surface area contributed by atoms with E-state index in [1.807, 2.05) is 0 Å². The second kappa shape index (κ2) is 10.4. The number of carboxylic acid groups (broad SMARTS) is 1. The zero-order chi connectivity index (χ0) is 27.7. The van der Waals surface area contributed by atoms with Gasteiger partial charge in [-0.1, -0.05) is 30.3 Å². The standard InChI is InChI=1S/C29H26F3N3O4/c30-29(31,32)24-16-22(13-14-23(24)19-5-6-19)34-28(39)35-15-1-2-25(35)26(36)33-21-11-9-18(10-12-21)17-3-7-20(8-4-17)27(37)38/h3-4,7-14,16,19,25H,1-2,5-6,15H2,(H,33,36)(H,34,39)(H,37,38)/t25-/m0/s1. The van der Waals surface area contributed by atoms with E-state index in [0.29, 0.717) is 25.1 Å². The van der Waals surface area contributed by atoms with Gasteiger partial charge in [0.25, 0.3) is 0 Å². The van der Waals surface area contributed by atoms with Gasteiger partial charge in [0.15, 0.2) is 0 Å². The van der Waals surface area contributed by atoms with Crippen LogP contribution < -0.4 is 10.6 Å². The number of benzene rings is 3. The number of hydrogen-bond acceptors (Lipinski definition) is 3. The van der Waals surface area contributed by atoms with Crippen molar-refractivity contribution < 1.29 is 32.7 Å². The lowest BCUT2D eigenvalue weighted by molar-refractivity contribution is -0.138. The van der Waals surface area contributed by atoms with E-state index >= 15 is 0 Å². The number of nitrogens with one attached hydrogen (secondary N) is 2. The number of alkyl halides is 3. The molecule has 3 amide bonds. The number of anilines is 2. The predicted molar refractivity (Wildman–Crippen MR) is 140 cm³/mol. The smallest absolute Gasteiger partial charge is 0.416 e. The van der Waals surface area contributed by atoms with Crippen LogP contribution in [0.25, 0.3) is 11.1 Å².